The van der Waals surface area contributed by atoms with Crippen LogP contribution < -0.4 is 10.2 Å². The highest BCUT2D eigenvalue weighted by Crippen LogP contribution is 2.40. The quantitative estimate of drug-likeness (QED) is 0.835. The number of hydrogen-bond donors (Lipinski definition) is 1. The lowest BCUT2D eigenvalue weighted by Crippen LogP contribution is -2.50. The third kappa shape index (κ3) is 4.01. The van der Waals surface area contributed by atoms with Crippen LogP contribution in [0.4, 0.5) is 5.82 Å². The van der Waals surface area contributed by atoms with E-state index in [1.165, 1.54) is 28.7 Å². The van der Waals surface area contributed by atoms with Crippen molar-refractivity contribution in [3.63, 3.8) is 0 Å². The van der Waals surface area contributed by atoms with Crippen molar-refractivity contribution in [2.24, 2.45) is 5.92 Å². The van der Waals surface area contributed by atoms with Gasteiger partial charge in [0.05, 0.1) is 11.9 Å². The molecule has 0 radical (unpaired) electrons. The number of nitrogens with zero attached hydrogens (tertiary/aromatic N) is 4. The summed E-state index contributed by atoms with van der Waals surface area (Å²) in [6.07, 6.45) is 6.26. The predicted molar refractivity (Wildman–Crippen MR) is 115 cm³/mol. The predicted octanol–water partition coefficient (Wildman–Crippen LogP) is 2.85. The van der Waals surface area contributed by atoms with Crippen molar-refractivity contribution in [2.75, 3.05) is 37.6 Å². The standard InChI is InChI=1S/C21H31N5OS/c1-4-15(3)24-18(27)12-25-7-9-26(10-8-25)20-19-16-6-5-14(2)11-17(16)28-21(19)23-13-22-20/h13-15H,4-12H2,1-3H3,(H,24,27). The number of fused-ring (bicyclic) bond motifs is 3. The molecule has 7 heteroatoms. The fraction of sp³-hybridized carbons (Fsp3) is 0.667. The minimum Gasteiger partial charge on any atom is -0.353 e. The zero-order valence-corrected chi connectivity index (χ0v) is 18.0. The lowest BCUT2D eigenvalue weighted by atomic mass is 9.89. The summed E-state index contributed by atoms with van der Waals surface area (Å²) >= 11 is 1.86. The van der Waals surface area contributed by atoms with E-state index in [4.69, 9.17) is 4.98 Å². The van der Waals surface area contributed by atoms with Gasteiger partial charge >= 0.3 is 0 Å². The molecule has 0 aromatic carbocycles. The van der Waals surface area contributed by atoms with E-state index in [1.807, 2.05) is 11.3 Å². The number of amides is 1. The highest BCUT2D eigenvalue weighted by Gasteiger charge is 2.27. The Hall–Kier alpha value is -1.73. The van der Waals surface area contributed by atoms with Crippen LogP contribution in [0.15, 0.2) is 6.33 Å². The molecule has 1 saturated heterocycles. The van der Waals surface area contributed by atoms with Crippen molar-refractivity contribution >= 4 is 33.3 Å². The molecule has 1 amide bonds. The molecule has 3 heterocycles. The van der Waals surface area contributed by atoms with Gasteiger partial charge in [-0.05, 0) is 44.1 Å². The Morgan fingerprint density at radius 3 is 2.86 bits per heavy atom. The van der Waals surface area contributed by atoms with E-state index in [9.17, 15) is 4.79 Å². The van der Waals surface area contributed by atoms with Gasteiger partial charge in [0.15, 0.2) is 0 Å². The summed E-state index contributed by atoms with van der Waals surface area (Å²) in [6.45, 7) is 10.6. The summed E-state index contributed by atoms with van der Waals surface area (Å²) in [5, 5.41) is 4.35. The normalized spacial score (nSPS) is 21.5. The number of anilines is 1. The molecule has 1 N–H and O–H groups in total. The average molecular weight is 402 g/mol. The Morgan fingerprint density at radius 1 is 1.32 bits per heavy atom. The van der Waals surface area contributed by atoms with E-state index >= 15 is 0 Å². The topological polar surface area (TPSA) is 61.4 Å². The molecule has 1 fully saturated rings. The largest absolute Gasteiger partial charge is 0.353 e. The number of carbonyl (C=O) groups is 1. The molecule has 2 unspecified atom stereocenters. The van der Waals surface area contributed by atoms with Crippen LogP contribution in [-0.4, -0.2) is 59.5 Å². The molecule has 6 nitrogen and oxygen atoms in total. The molecule has 2 aromatic rings. The molecule has 1 aliphatic carbocycles. The first-order valence-electron chi connectivity index (χ1n) is 10.6. The maximum absolute atomic E-state index is 12.2. The van der Waals surface area contributed by atoms with E-state index in [-0.39, 0.29) is 11.9 Å². The van der Waals surface area contributed by atoms with Crippen molar-refractivity contribution in [1.82, 2.24) is 20.2 Å². The second-order valence-corrected chi connectivity index (χ2v) is 9.45. The van der Waals surface area contributed by atoms with Crippen molar-refractivity contribution < 1.29 is 4.79 Å². The molecule has 0 saturated carbocycles. The Kier molecular flexibility index (Phi) is 5.83. The molecule has 2 aromatic heterocycles. The van der Waals surface area contributed by atoms with E-state index in [1.54, 1.807) is 6.33 Å². The Balaban J connectivity index is 1.45. The van der Waals surface area contributed by atoms with Gasteiger partial charge in [-0.3, -0.25) is 9.69 Å². The van der Waals surface area contributed by atoms with Crippen LogP contribution in [0.1, 0.15) is 44.1 Å². The number of aromatic nitrogens is 2. The van der Waals surface area contributed by atoms with Crippen LogP contribution >= 0.6 is 11.3 Å². The molecule has 0 spiro atoms. The third-order valence-electron chi connectivity index (χ3n) is 6.13. The van der Waals surface area contributed by atoms with Gasteiger partial charge in [0.1, 0.15) is 17.0 Å². The van der Waals surface area contributed by atoms with Crippen LogP contribution in [0, 0.1) is 5.92 Å². The first kappa shape index (κ1) is 19.6. The molecule has 2 atom stereocenters. The summed E-state index contributed by atoms with van der Waals surface area (Å²) in [5.41, 5.74) is 1.49. The molecule has 0 bridgehead atoms. The van der Waals surface area contributed by atoms with Gasteiger partial charge in [0.25, 0.3) is 0 Å². The van der Waals surface area contributed by atoms with Crippen LogP contribution in [0.3, 0.4) is 0 Å². The third-order valence-corrected chi connectivity index (χ3v) is 7.29. The zero-order chi connectivity index (χ0) is 19.7. The fourth-order valence-corrected chi connectivity index (χ4v) is 5.59. The lowest BCUT2D eigenvalue weighted by Gasteiger charge is -2.35. The number of nitrogens with one attached hydrogen (secondary N) is 1. The Labute approximate surface area is 171 Å². The molecule has 2 aliphatic rings. The Morgan fingerprint density at radius 2 is 2.11 bits per heavy atom. The molecule has 1 aliphatic heterocycles. The van der Waals surface area contributed by atoms with Gasteiger partial charge in [-0.25, -0.2) is 9.97 Å². The molecule has 4 rings (SSSR count). The number of hydrogen-bond acceptors (Lipinski definition) is 6. The van der Waals surface area contributed by atoms with Crippen molar-refractivity contribution in [3.05, 3.63) is 16.8 Å². The highest BCUT2D eigenvalue weighted by atomic mass is 32.1. The fourth-order valence-electron chi connectivity index (χ4n) is 4.24. The molecular weight excluding hydrogens is 370 g/mol. The Bertz CT molecular complexity index is 843. The van der Waals surface area contributed by atoms with Gasteiger partial charge in [0, 0.05) is 37.1 Å². The second-order valence-electron chi connectivity index (χ2n) is 8.37. The van der Waals surface area contributed by atoms with Crippen molar-refractivity contribution in [3.8, 4) is 0 Å². The van der Waals surface area contributed by atoms with Gasteiger partial charge in [-0.2, -0.15) is 0 Å². The summed E-state index contributed by atoms with van der Waals surface area (Å²) in [7, 11) is 0. The first-order valence-corrected chi connectivity index (χ1v) is 11.4. The number of carbonyl (C=O) groups excluding carboxylic acids is 1. The molecule has 152 valence electrons. The molecule has 28 heavy (non-hydrogen) atoms. The minimum absolute atomic E-state index is 0.133. The van der Waals surface area contributed by atoms with E-state index < -0.39 is 0 Å². The van der Waals surface area contributed by atoms with Gasteiger partial charge in [0.2, 0.25) is 5.91 Å². The van der Waals surface area contributed by atoms with Crippen LogP contribution in [0.2, 0.25) is 0 Å². The van der Waals surface area contributed by atoms with Gasteiger partial charge < -0.3 is 10.2 Å². The number of thiophene rings is 1. The maximum Gasteiger partial charge on any atom is 0.234 e. The minimum atomic E-state index is 0.133. The monoisotopic (exact) mass is 401 g/mol. The van der Waals surface area contributed by atoms with E-state index in [0.29, 0.717) is 6.54 Å². The highest BCUT2D eigenvalue weighted by molar-refractivity contribution is 7.19. The van der Waals surface area contributed by atoms with Gasteiger partial charge in [-0.15, -0.1) is 11.3 Å². The summed E-state index contributed by atoms with van der Waals surface area (Å²) in [6, 6.07) is 0.246. The summed E-state index contributed by atoms with van der Waals surface area (Å²) < 4.78 is 0. The van der Waals surface area contributed by atoms with Crippen molar-refractivity contribution in [1.29, 1.82) is 0 Å². The van der Waals surface area contributed by atoms with E-state index in [0.717, 1.165) is 55.6 Å². The van der Waals surface area contributed by atoms with Crippen LogP contribution in [-0.2, 0) is 17.6 Å². The molecular formula is C21H31N5OS. The second kappa shape index (κ2) is 8.33. The number of rotatable bonds is 5. The smallest absolute Gasteiger partial charge is 0.234 e. The maximum atomic E-state index is 12.2. The zero-order valence-electron chi connectivity index (χ0n) is 17.2. The number of piperazine rings is 1. The van der Waals surface area contributed by atoms with Gasteiger partial charge in [-0.1, -0.05) is 13.8 Å². The van der Waals surface area contributed by atoms with E-state index in [2.05, 4.69) is 40.9 Å². The lowest BCUT2D eigenvalue weighted by molar-refractivity contribution is -0.122. The SMILES string of the molecule is CCC(C)NC(=O)CN1CCN(c2ncnc3sc4c(c23)CCC(C)C4)CC1. The first-order chi connectivity index (χ1) is 13.5. The average Bonchev–Trinajstić information content (AvgIpc) is 3.05. The summed E-state index contributed by atoms with van der Waals surface area (Å²) in [5.74, 6) is 2.00. The van der Waals surface area contributed by atoms with Crippen molar-refractivity contribution in [2.45, 2.75) is 52.5 Å². The number of aryl methyl sites for hydroxylation is 1. The van der Waals surface area contributed by atoms with Crippen LogP contribution in [0.5, 0.6) is 0 Å². The summed E-state index contributed by atoms with van der Waals surface area (Å²) in [4.78, 5) is 28.7. The van der Waals surface area contributed by atoms with Crippen LogP contribution in [0.25, 0.3) is 10.2 Å².